The summed E-state index contributed by atoms with van der Waals surface area (Å²) in [5.41, 5.74) is 0.491. The number of amides is 1. The van der Waals surface area contributed by atoms with Crippen LogP contribution in [0.3, 0.4) is 0 Å². The third kappa shape index (κ3) is 3.63. The molecule has 20 heavy (non-hydrogen) atoms. The van der Waals surface area contributed by atoms with Crippen molar-refractivity contribution in [2.75, 3.05) is 6.54 Å². The molecule has 0 atom stereocenters. The van der Waals surface area contributed by atoms with Crippen molar-refractivity contribution in [3.8, 4) is 0 Å². The molecule has 0 fully saturated rings. The number of nitrogens with one attached hydrogen (secondary N) is 1. The summed E-state index contributed by atoms with van der Waals surface area (Å²) in [5, 5.41) is 2.51. The lowest BCUT2D eigenvalue weighted by molar-refractivity contribution is 0.0945. The molecule has 1 N–H and O–H groups in total. The van der Waals surface area contributed by atoms with Gasteiger partial charge in [0.2, 0.25) is 0 Å². The lowest BCUT2D eigenvalue weighted by Gasteiger charge is -2.07. The van der Waals surface area contributed by atoms with Gasteiger partial charge >= 0.3 is 0 Å². The predicted octanol–water partition coefficient (Wildman–Crippen LogP) is 3.70. The SMILES string of the molecule is O=C(NCCc1ccccc1)c1c(F)cc(Br)cc1F. The van der Waals surface area contributed by atoms with Crippen LogP contribution < -0.4 is 5.32 Å². The Morgan fingerprint density at radius 1 is 1.10 bits per heavy atom. The molecule has 0 aromatic heterocycles. The molecule has 1 amide bonds. The van der Waals surface area contributed by atoms with Crippen LogP contribution in [0.5, 0.6) is 0 Å². The largest absolute Gasteiger partial charge is 0.352 e. The first kappa shape index (κ1) is 14.7. The second-order valence-corrected chi connectivity index (χ2v) is 5.15. The number of carbonyl (C=O) groups is 1. The first-order valence-electron chi connectivity index (χ1n) is 6.04. The van der Waals surface area contributed by atoms with Crippen LogP contribution in [0.1, 0.15) is 15.9 Å². The van der Waals surface area contributed by atoms with E-state index in [1.165, 1.54) is 0 Å². The van der Waals surface area contributed by atoms with Crippen LogP contribution in [-0.4, -0.2) is 12.5 Å². The molecule has 0 spiro atoms. The van der Waals surface area contributed by atoms with Crippen LogP contribution in [0.25, 0.3) is 0 Å². The molecule has 0 saturated heterocycles. The third-order valence-electron chi connectivity index (χ3n) is 2.78. The summed E-state index contributed by atoms with van der Waals surface area (Å²) in [4.78, 5) is 11.8. The molecule has 5 heteroatoms. The molecule has 2 aromatic carbocycles. The zero-order valence-corrected chi connectivity index (χ0v) is 12.1. The molecule has 0 aliphatic heterocycles. The van der Waals surface area contributed by atoms with Gasteiger partial charge in [-0.1, -0.05) is 46.3 Å². The van der Waals surface area contributed by atoms with Gasteiger partial charge in [0.05, 0.1) is 0 Å². The van der Waals surface area contributed by atoms with E-state index >= 15 is 0 Å². The summed E-state index contributed by atoms with van der Waals surface area (Å²) >= 11 is 2.97. The summed E-state index contributed by atoms with van der Waals surface area (Å²) in [6.07, 6.45) is 0.604. The standard InChI is InChI=1S/C15H12BrF2NO/c16-11-8-12(17)14(13(18)9-11)15(20)19-7-6-10-4-2-1-3-5-10/h1-5,8-9H,6-7H2,(H,19,20). The Balaban J connectivity index is 1.99. The summed E-state index contributed by atoms with van der Waals surface area (Å²) in [7, 11) is 0. The summed E-state index contributed by atoms with van der Waals surface area (Å²) < 4.78 is 27.4. The van der Waals surface area contributed by atoms with E-state index in [-0.39, 0.29) is 4.47 Å². The quantitative estimate of drug-likeness (QED) is 0.904. The number of benzene rings is 2. The van der Waals surface area contributed by atoms with Gasteiger partial charge in [-0.25, -0.2) is 8.78 Å². The second-order valence-electron chi connectivity index (χ2n) is 4.24. The van der Waals surface area contributed by atoms with Crippen LogP contribution in [0.15, 0.2) is 46.9 Å². The van der Waals surface area contributed by atoms with E-state index in [0.717, 1.165) is 17.7 Å². The van der Waals surface area contributed by atoms with Crippen molar-refractivity contribution in [2.24, 2.45) is 0 Å². The van der Waals surface area contributed by atoms with Crippen LogP contribution in [0.4, 0.5) is 8.78 Å². The summed E-state index contributed by atoms with van der Waals surface area (Å²) in [5.74, 6) is -2.51. The minimum Gasteiger partial charge on any atom is -0.352 e. The van der Waals surface area contributed by atoms with Gasteiger partial charge in [-0.2, -0.15) is 0 Å². The van der Waals surface area contributed by atoms with Crippen molar-refractivity contribution in [3.05, 3.63) is 69.7 Å². The monoisotopic (exact) mass is 339 g/mol. The third-order valence-corrected chi connectivity index (χ3v) is 3.23. The first-order valence-corrected chi connectivity index (χ1v) is 6.84. The maximum atomic E-state index is 13.6. The summed E-state index contributed by atoms with van der Waals surface area (Å²) in [6.45, 7) is 0.317. The number of hydrogen-bond donors (Lipinski definition) is 1. The lowest BCUT2D eigenvalue weighted by atomic mass is 10.1. The van der Waals surface area contributed by atoms with Gasteiger partial charge < -0.3 is 5.32 Å². The number of carbonyl (C=O) groups excluding carboxylic acids is 1. The van der Waals surface area contributed by atoms with Crippen molar-refractivity contribution in [1.82, 2.24) is 5.32 Å². The Labute approximate surface area is 123 Å². The second kappa shape index (κ2) is 6.61. The van der Waals surface area contributed by atoms with Crippen molar-refractivity contribution in [1.29, 1.82) is 0 Å². The zero-order valence-electron chi connectivity index (χ0n) is 10.5. The van der Waals surface area contributed by atoms with Crippen molar-refractivity contribution < 1.29 is 13.6 Å². The highest BCUT2D eigenvalue weighted by molar-refractivity contribution is 9.10. The highest BCUT2D eigenvalue weighted by atomic mass is 79.9. The summed E-state index contributed by atoms with van der Waals surface area (Å²) in [6, 6.07) is 11.7. The number of hydrogen-bond acceptors (Lipinski definition) is 1. The Kier molecular flexibility index (Phi) is 4.84. The Hall–Kier alpha value is -1.75. The van der Waals surface area contributed by atoms with Gasteiger partial charge in [-0.15, -0.1) is 0 Å². The topological polar surface area (TPSA) is 29.1 Å². The maximum Gasteiger partial charge on any atom is 0.257 e. The Morgan fingerprint density at radius 3 is 2.30 bits per heavy atom. The Bertz CT molecular complexity index is 594. The van der Waals surface area contributed by atoms with Crippen molar-refractivity contribution in [3.63, 3.8) is 0 Å². The van der Waals surface area contributed by atoms with E-state index in [1.54, 1.807) is 0 Å². The van der Waals surface area contributed by atoms with Crippen LogP contribution >= 0.6 is 15.9 Å². The van der Waals surface area contributed by atoms with E-state index < -0.39 is 23.1 Å². The molecule has 2 aromatic rings. The van der Waals surface area contributed by atoms with E-state index in [0.29, 0.717) is 13.0 Å². The van der Waals surface area contributed by atoms with E-state index in [1.807, 2.05) is 30.3 Å². The van der Waals surface area contributed by atoms with Gasteiger partial charge in [0.1, 0.15) is 17.2 Å². The molecule has 0 aliphatic rings. The minimum atomic E-state index is -0.880. The van der Waals surface area contributed by atoms with Gasteiger partial charge in [0, 0.05) is 11.0 Å². The maximum absolute atomic E-state index is 13.6. The first-order chi connectivity index (χ1) is 9.58. The number of halogens is 3. The van der Waals surface area contributed by atoms with Gasteiger partial charge in [-0.05, 0) is 24.1 Å². The molecule has 2 rings (SSSR count). The fraction of sp³-hybridized carbons (Fsp3) is 0.133. The average molecular weight is 340 g/mol. The fourth-order valence-corrected chi connectivity index (χ4v) is 2.21. The predicted molar refractivity (Wildman–Crippen MR) is 76.5 cm³/mol. The molecule has 104 valence electrons. The molecule has 0 bridgehead atoms. The van der Waals surface area contributed by atoms with Crippen LogP contribution in [0, 0.1) is 11.6 Å². The van der Waals surface area contributed by atoms with E-state index in [2.05, 4.69) is 21.2 Å². The van der Waals surface area contributed by atoms with Gasteiger partial charge in [0.25, 0.3) is 5.91 Å². The van der Waals surface area contributed by atoms with Crippen LogP contribution in [-0.2, 0) is 6.42 Å². The van der Waals surface area contributed by atoms with Crippen molar-refractivity contribution >= 4 is 21.8 Å². The molecular weight excluding hydrogens is 328 g/mol. The highest BCUT2D eigenvalue weighted by Crippen LogP contribution is 2.19. The lowest BCUT2D eigenvalue weighted by Crippen LogP contribution is -2.27. The normalized spacial score (nSPS) is 10.3. The minimum absolute atomic E-state index is 0.258. The van der Waals surface area contributed by atoms with Gasteiger partial charge in [-0.3, -0.25) is 4.79 Å². The fourth-order valence-electron chi connectivity index (χ4n) is 1.81. The van der Waals surface area contributed by atoms with E-state index in [4.69, 9.17) is 0 Å². The smallest absolute Gasteiger partial charge is 0.257 e. The van der Waals surface area contributed by atoms with Crippen molar-refractivity contribution in [2.45, 2.75) is 6.42 Å². The van der Waals surface area contributed by atoms with E-state index in [9.17, 15) is 13.6 Å². The highest BCUT2D eigenvalue weighted by Gasteiger charge is 2.17. The average Bonchev–Trinajstić information content (AvgIpc) is 2.38. The molecule has 0 radical (unpaired) electrons. The molecule has 0 heterocycles. The number of rotatable bonds is 4. The molecule has 0 saturated carbocycles. The molecule has 2 nitrogen and oxygen atoms in total. The zero-order chi connectivity index (χ0) is 14.5. The molecular formula is C15H12BrF2NO. The Morgan fingerprint density at radius 2 is 1.70 bits per heavy atom. The molecule has 0 aliphatic carbocycles. The van der Waals surface area contributed by atoms with Crippen LogP contribution in [0.2, 0.25) is 0 Å². The molecule has 0 unspecified atom stereocenters. The van der Waals surface area contributed by atoms with Gasteiger partial charge in [0.15, 0.2) is 0 Å².